The Morgan fingerprint density at radius 2 is 0.430 bits per heavy atom. The topological polar surface area (TPSA) is 203 Å². The van der Waals surface area contributed by atoms with Gasteiger partial charge in [-0.25, -0.2) is 28.7 Å². The van der Waals surface area contributed by atoms with Crippen LogP contribution in [0.15, 0.2) is 291 Å². The average Bonchev–Trinajstić information content (AvgIpc) is 0.844. The summed E-state index contributed by atoms with van der Waals surface area (Å²) in [4.78, 5) is 56.1. The summed E-state index contributed by atoms with van der Waals surface area (Å²) in [6.45, 7) is 20.9. The van der Waals surface area contributed by atoms with E-state index in [4.69, 9.17) is 39.9 Å². The summed E-state index contributed by atoms with van der Waals surface area (Å²) in [6.07, 6.45) is 6.11. The number of halogens is 2. The Bertz CT molecular complexity index is 5690. The van der Waals surface area contributed by atoms with E-state index < -0.39 is 0 Å². The molecular formula is C103H100F2N16. The fourth-order valence-corrected chi connectivity index (χ4v) is 13.8. The minimum Gasteiger partial charge on any atom is -0.324 e. The molecule has 0 radical (unpaired) electrons. The van der Waals surface area contributed by atoms with Crippen LogP contribution in [0.3, 0.4) is 0 Å². The van der Waals surface area contributed by atoms with Crippen molar-refractivity contribution in [2.45, 2.75) is 127 Å². The number of nitrogens with one attached hydrogen (secondary N) is 4. The maximum atomic E-state index is 14.1. The molecular weight excluding hydrogens is 1500 g/mol. The van der Waals surface area contributed by atoms with Crippen LogP contribution in [0.4, 0.5) is 55.3 Å². The Balaban J connectivity index is 0.000000139. The highest BCUT2D eigenvalue weighted by atomic mass is 19.1. The Labute approximate surface area is 708 Å². The molecule has 606 valence electrons. The molecule has 0 saturated heterocycles. The summed E-state index contributed by atoms with van der Waals surface area (Å²) in [6, 6.07) is 96.3. The molecule has 0 fully saturated rings. The molecule has 0 aliphatic rings. The number of hydrogen-bond acceptors (Lipinski definition) is 16. The quantitative estimate of drug-likeness (QED) is 0.0420. The summed E-state index contributed by atoms with van der Waals surface area (Å²) >= 11 is 0. The zero-order valence-electron chi connectivity index (χ0n) is 70.2. The number of aryl methyl sites for hydroxylation is 10. The minimum atomic E-state index is -0.349. The highest BCUT2D eigenvalue weighted by Gasteiger charge is 2.17. The van der Waals surface area contributed by atoms with Crippen LogP contribution in [-0.4, -0.2) is 59.8 Å². The number of nitrogens with zero attached hydrogens (tertiary/aromatic N) is 12. The van der Waals surface area contributed by atoms with Crippen LogP contribution in [0.1, 0.15) is 154 Å². The molecule has 18 heteroatoms. The van der Waals surface area contributed by atoms with Gasteiger partial charge in [-0.2, -0.15) is 39.9 Å². The van der Waals surface area contributed by atoms with Crippen LogP contribution in [0, 0.1) is 73.9 Å². The van der Waals surface area contributed by atoms with E-state index in [-0.39, 0.29) is 11.6 Å². The van der Waals surface area contributed by atoms with E-state index in [0.29, 0.717) is 104 Å². The second-order valence-electron chi connectivity index (χ2n) is 30.7. The van der Waals surface area contributed by atoms with Crippen molar-refractivity contribution in [3.63, 3.8) is 0 Å². The molecule has 4 N–H and O–H groups in total. The predicted molar refractivity (Wildman–Crippen MR) is 484 cm³/mol. The maximum Gasteiger partial charge on any atom is 0.230 e. The van der Waals surface area contributed by atoms with E-state index in [9.17, 15) is 8.78 Å². The maximum absolute atomic E-state index is 14.1. The first-order valence-corrected chi connectivity index (χ1v) is 40.8. The summed E-state index contributed by atoms with van der Waals surface area (Å²) in [5.74, 6) is 7.13. The SMILES string of the molecule is CCc1ccc(Nc2nc(Cc3cccc(C)c3)nc(Cc3cccc(C)c3)n2)cc1.Cc1ccc(Nc2nc(Cc3cccc(C)c3)nc(Cc3cccc(C)c3)n2)cc1.Cc1cccc(Cc2nc(Cc3cccc(C)c3)nc(Nc3ccc(F)cc3)n2)c1.Cc1cccc(Cc2nc(Cc3cccc(C)c3)nc(Nc3ccccc3F)n2)c1. The number of para-hydroxylation sites is 1. The zero-order valence-corrected chi connectivity index (χ0v) is 70.2. The van der Waals surface area contributed by atoms with Crippen LogP contribution in [0.5, 0.6) is 0 Å². The van der Waals surface area contributed by atoms with Gasteiger partial charge in [0, 0.05) is 68.4 Å². The molecule has 0 unspecified atom stereocenters. The van der Waals surface area contributed by atoms with Gasteiger partial charge in [0.1, 0.15) is 58.2 Å². The summed E-state index contributed by atoms with van der Waals surface area (Å²) < 4.78 is 27.4. The fraction of sp³-hybridized carbons (Fsp3) is 0.184. The first-order valence-electron chi connectivity index (χ1n) is 40.8. The van der Waals surface area contributed by atoms with E-state index in [1.165, 1.54) is 96.1 Å². The molecule has 12 aromatic carbocycles. The monoisotopic (exact) mass is 1600 g/mol. The van der Waals surface area contributed by atoms with E-state index in [2.05, 4.69) is 317 Å². The van der Waals surface area contributed by atoms with Crippen LogP contribution in [-0.2, 0) is 57.8 Å². The van der Waals surface area contributed by atoms with Gasteiger partial charge in [0.05, 0.1) is 5.69 Å². The molecule has 16 rings (SSSR count). The van der Waals surface area contributed by atoms with Crippen molar-refractivity contribution < 1.29 is 8.78 Å². The third kappa shape index (κ3) is 27.1. The Kier molecular flexibility index (Phi) is 29.2. The van der Waals surface area contributed by atoms with Crippen molar-refractivity contribution in [2.75, 3.05) is 21.3 Å². The highest BCUT2D eigenvalue weighted by Crippen LogP contribution is 2.25. The van der Waals surface area contributed by atoms with Crippen molar-refractivity contribution in [1.82, 2.24) is 59.8 Å². The molecule has 0 amide bonds. The molecule has 0 spiro atoms. The average molecular weight is 1600 g/mol. The first-order chi connectivity index (χ1) is 58.7. The molecule has 0 bridgehead atoms. The molecule has 0 aliphatic heterocycles. The van der Waals surface area contributed by atoms with E-state index in [1.807, 2.05) is 36.4 Å². The van der Waals surface area contributed by atoms with Crippen LogP contribution in [0.25, 0.3) is 0 Å². The van der Waals surface area contributed by atoms with Gasteiger partial charge in [-0.1, -0.05) is 288 Å². The van der Waals surface area contributed by atoms with E-state index in [0.717, 1.165) is 69.0 Å². The standard InChI is InChI=1S/C27H28N4.C26H26N4.2C25H23FN4/c1-4-21-11-13-24(14-12-21)28-27-30-25(17-22-9-5-7-19(2)15-22)29-26(31-27)18-23-10-6-8-20(3)16-23;1-18-10-12-23(13-11-18)27-26-29-24(16-21-8-4-6-19(2)14-21)28-25(30-26)17-22-9-5-7-20(3)15-22;1-17-5-3-7-19(13-17)15-23-28-24(16-20-8-4-6-18(2)14-20)30-25(29-23)27-22-11-9-21(26)10-12-22;1-17-7-5-9-19(13-17)15-23-28-24(16-20-10-6-8-18(2)14-20)30-25(29-23)27-22-12-4-3-11-21(22)26/h5-16H,4,17-18H2,1-3H3,(H,28,29,30,31);4-15H,16-17H2,1-3H3,(H,27,28,29,30);2*3-14H,15-16H2,1-2H3,(H,27,28,29,30). The van der Waals surface area contributed by atoms with Crippen LogP contribution in [0.2, 0.25) is 0 Å². The molecule has 0 atom stereocenters. The van der Waals surface area contributed by atoms with E-state index >= 15 is 0 Å². The van der Waals surface area contributed by atoms with Gasteiger partial charge in [-0.3, -0.25) is 0 Å². The summed E-state index contributed by atoms with van der Waals surface area (Å²) in [5, 5.41) is 12.9. The van der Waals surface area contributed by atoms with Gasteiger partial charge in [0.2, 0.25) is 23.8 Å². The normalized spacial score (nSPS) is 10.8. The Hall–Kier alpha value is -14.3. The second-order valence-corrected chi connectivity index (χ2v) is 30.7. The molecule has 4 heterocycles. The molecule has 16 nitrogen and oxygen atoms in total. The molecule has 16 aromatic rings. The van der Waals surface area contributed by atoms with Gasteiger partial charge in [0.25, 0.3) is 0 Å². The van der Waals surface area contributed by atoms with Crippen molar-refractivity contribution in [3.8, 4) is 0 Å². The third-order valence-corrected chi connectivity index (χ3v) is 19.6. The smallest absolute Gasteiger partial charge is 0.230 e. The number of anilines is 8. The largest absolute Gasteiger partial charge is 0.324 e. The first kappa shape index (κ1) is 84.6. The second kappa shape index (κ2) is 41.7. The molecule has 121 heavy (non-hydrogen) atoms. The number of rotatable bonds is 25. The Morgan fingerprint density at radius 3 is 0.661 bits per heavy atom. The third-order valence-electron chi connectivity index (χ3n) is 19.6. The van der Waals surface area contributed by atoms with Crippen molar-refractivity contribution in [2.24, 2.45) is 0 Å². The minimum absolute atomic E-state index is 0.281. The number of benzene rings is 12. The molecule has 0 saturated carbocycles. The lowest BCUT2D eigenvalue weighted by molar-refractivity contribution is 0.628. The lowest BCUT2D eigenvalue weighted by atomic mass is 10.1. The highest BCUT2D eigenvalue weighted by molar-refractivity contribution is 5.57. The zero-order chi connectivity index (χ0) is 84.4. The number of hydrogen-bond donors (Lipinski definition) is 4. The number of aromatic nitrogens is 12. The fourth-order valence-electron chi connectivity index (χ4n) is 13.8. The van der Waals surface area contributed by atoms with Gasteiger partial charge >= 0.3 is 0 Å². The van der Waals surface area contributed by atoms with E-state index in [1.54, 1.807) is 30.3 Å². The predicted octanol–water partition coefficient (Wildman–Crippen LogP) is 22.8. The lowest BCUT2D eigenvalue weighted by Crippen LogP contribution is -2.09. The summed E-state index contributed by atoms with van der Waals surface area (Å²) in [7, 11) is 0. The van der Waals surface area contributed by atoms with Gasteiger partial charge in [0.15, 0.2) is 0 Å². The van der Waals surface area contributed by atoms with Crippen molar-refractivity contribution >= 4 is 46.5 Å². The molecule has 0 aliphatic carbocycles. The van der Waals surface area contributed by atoms with Crippen molar-refractivity contribution in [3.05, 3.63) is 450 Å². The van der Waals surface area contributed by atoms with Crippen LogP contribution < -0.4 is 21.3 Å². The lowest BCUT2D eigenvalue weighted by Gasteiger charge is -2.10. The van der Waals surface area contributed by atoms with Gasteiger partial charge < -0.3 is 21.3 Å². The summed E-state index contributed by atoms with van der Waals surface area (Å²) in [5.41, 5.74) is 24.6. The van der Waals surface area contributed by atoms with Gasteiger partial charge in [-0.05, 0) is 179 Å². The Morgan fingerprint density at radius 1 is 0.207 bits per heavy atom. The molecule has 4 aromatic heterocycles. The van der Waals surface area contributed by atoms with Crippen molar-refractivity contribution in [1.29, 1.82) is 0 Å². The van der Waals surface area contributed by atoms with Crippen LogP contribution >= 0.6 is 0 Å². The van der Waals surface area contributed by atoms with Gasteiger partial charge in [-0.15, -0.1) is 0 Å².